The molecule has 0 saturated heterocycles. The second-order valence-electron chi connectivity index (χ2n) is 5.24. The minimum atomic E-state index is 0.637. The van der Waals surface area contributed by atoms with Crippen LogP contribution in [0.5, 0.6) is 0 Å². The molecule has 3 rings (SSSR count). The summed E-state index contributed by atoms with van der Waals surface area (Å²) >= 11 is 0. The van der Waals surface area contributed by atoms with Gasteiger partial charge in [-0.2, -0.15) is 0 Å². The van der Waals surface area contributed by atoms with Gasteiger partial charge in [-0.25, -0.2) is 0 Å². The summed E-state index contributed by atoms with van der Waals surface area (Å²) in [6.07, 6.45) is 11.9. The van der Waals surface area contributed by atoms with E-state index in [1.165, 1.54) is 55.0 Å². The van der Waals surface area contributed by atoms with Gasteiger partial charge in [-0.3, -0.25) is 4.98 Å². The number of hydrogen-bond donors (Lipinski definition) is 1. The van der Waals surface area contributed by atoms with E-state index in [9.17, 15) is 0 Å². The zero-order valence-corrected chi connectivity index (χ0v) is 10.7. The molecule has 94 valence electrons. The van der Waals surface area contributed by atoms with E-state index in [2.05, 4.69) is 34.6 Å². The molecule has 1 aromatic heterocycles. The van der Waals surface area contributed by atoms with Crippen LogP contribution in [-0.4, -0.2) is 11.0 Å². The highest BCUT2D eigenvalue weighted by atomic mass is 14.9. The number of pyridine rings is 1. The fourth-order valence-corrected chi connectivity index (χ4v) is 2.88. The van der Waals surface area contributed by atoms with Crippen molar-refractivity contribution < 1.29 is 0 Å². The highest BCUT2D eigenvalue weighted by molar-refractivity contribution is 5.93. The van der Waals surface area contributed by atoms with Gasteiger partial charge in [-0.05, 0) is 30.4 Å². The lowest BCUT2D eigenvalue weighted by molar-refractivity contribution is 0.620. The molecule has 0 atom stereocenters. The van der Waals surface area contributed by atoms with E-state index in [1.54, 1.807) is 0 Å². The maximum absolute atomic E-state index is 4.25. The van der Waals surface area contributed by atoms with Crippen LogP contribution in [0.25, 0.3) is 10.8 Å². The van der Waals surface area contributed by atoms with E-state index in [1.807, 2.05) is 12.4 Å². The number of hydrogen-bond acceptors (Lipinski definition) is 2. The number of fused-ring (bicyclic) bond motifs is 1. The molecule has 2 heteroatoms. The van der Waals surface area contributed by atoms with E-state index in [0.717, 1.165) is 0 Å². The summed E-state index contributed by atoms with van der Waals surface area (Å²) in [6.45, 7) is 0. The first-order chi connectivity index (χ1) is 8.93. The van der Waals surface area contributed by atoms with Gasteiger partial charge in [0, 0.05) is 29.5 Å². The minimum absolute atomic E-state index is 0.637. The Labute approximate surface area is 108 Å². The van der Waals surface area contributed by atoms with Crippen LogP contribution in [0, 0.1) is 0 Å². The Hall–Kier alpha value is -1.57. The van der Waals surface area contributed by atoms with Crippen molar-refractivity contribution >= 4 is 16.5 Å². The summed E-state index contributed by atoms with van der Waals surface area (Å²) < 4.78 is 0. The third-order valence-corrected chi connectivity index (χ3v) is 3.90. The molecule has 1 N–H and O–H groups in total. The van der Waals surface area contributed by atoms with Crippen molar-refractivity contribution in [3.05, 3.63) is 36.7 Å². The van der Waals surface area contributed by atoms with Gasteiger partial charge in [0.1, 0.15) is 0 Å². The Balaban J connectivity index is 1.85. The van der Waals surface area contributed by atoms with Crippen molar-refractivity contribution in [3.8, 4) is 0 Å². The maximum atomic E-state index is 4.25. The topological polar surface area (TPSA) is 24.9 Å². The Morgan fingerprint density at radius 2 is 1.83 bits per heavy atom. The number of nitrogens with zero attached hydrogens (tertiary/aromatic N) is 1. The van der Waals surface area contributed by atoms with E-state index in [4.69, 9.17) is 0 Å². The first-order valence-corrected chi connectivity index (χ1v) is 7.03. The molecule has 0 radical (unpaired) electrons. The van der Waals surface area contributed by atoms with E-state index < -0.39 is 0 Å². The molecule has 0 spiro atoms. The maximum Gasteiger partial charge on any atom is 0.0437 e. The number of anilines is 1. The van der Waals surface area contributed by atoms with Gasteiger partial charge in [0.2, 0.25) is 0 Å². The highest BCUT2D eigenvalue weighted by Gasteiger charge is 2.12. The standard InChI is InChI=1S/C16H20N2/c1-2-4-8-14(7-3-1)18-16-9-5-6-13-10-11-17-12-15(13)16/h5-6,9-12,14,18H,1-4,7-8H2. The molecule has 1 aliphatic rings. The lowest BCUT2D eigenvalue weighted by atomic mass is 10.1. The fraction of sp³-hybridized carbons (Fsp3) is 0.438. The largest absolute Gasteiger partial charge is 0.382 e. The van der Waals surface area contributed by atoms with Crippen molar-refractivity contribution in [3.63, 3.8) is 0 Å². The quantitative estimate of drug-likeness (QED) is 0.788. The first-order valence-electron chi connectivity index (χ1n) is 7.03. The summed E-state index contributed by atoms with van der Waals surface area (Å²) in [6, 6.07) is 9.16. The third kappa shape index (κ3) is 2.47. The van der Waals surface area contributed by atoms with Crippen molar-refractivity contribution in [2.45, 2.75) is 44.6 Å². The zero-order valence-electron chi connectivity index (χ0n) is 10.7. The summed E-state index contributed by atoms with van der Waals surface area (Å²) in [5.74, 6) is 0. The monoisotopic (exact) mass is 240 g/mol. The minimum Gasteiger partial charge on any atom is -0.382 e. The van der Waals surface area contributed by atoms with Crippen LogP contribution in [0.1, 0.15) is 38.5 Å². The molecule has 1 heterocycles. The van der Waals surface area contributed by atoms with Gasteiger partial charge in [-0.15, -0.1) is 0 Å². The average molecular weight is 240 g/mol. The Kier molecular flexibility index (Phi) is 3.44. The number of aromatic nitrogens is 1. The van der Waals surface area contributed by atoms with Crippen molar-refractivity contribution in [2.75, 3.05) is 5.32 Å². The average Bonchev–Trinajstić information content (AvgIpc) is 2.68. The smallest absolute Gasteiger partial charge is 0.0437 e. The van der Waals surface area contributed by atoms with Gasteiger partial charge in [0.05, 0.1) is 0 Å². The third-order valence-electron chi connectivity index (χ3n) is 3.90. The molecule has 1 aliphatic carbocycles. The normalized spacial score (nSPS) is 17.6. The molecule has 2 aromatic rings. The van der Waals surface area contributed by atoms with Crippen LogP contribution in [-0.2, 0) is 0 Å². The van der Waals surface area contributed by atoms with Crippen LogP contribution < -0.4 is 5.32 Å². The first kappa shape index (κ1) is 11.5. The second-order valence-corrected chi connectivity index (χ2v) is 5.24. The van der Waals surface area contributed by atoms with Gasteiger partial charge in [0.15, 0.2) is 0 Å². The molecular weight excluding hydrogens is 220 g/mol. The van der Waals surface area contributed by atoms with Crippen molar-refractivity contribution in [1.82, 2.24) is 4.98 Å². The number of benzene rings is 1. The summed E-state index contributed by atoms with van der Waals surface area (Å²) in [7, 11) is 0. The van der Waals surface area contributed by atoms with Crippen LogP contribution in [0.2, 0.25) is 0 Å². The molecular formula is C16H20N2. The molecule has 0 bridgehead atoms. The summed E-state index contributed by atoms with van der Waals surface area (Å²) in [5.41, 5.74) is 1.24. The fourth-order valence-electron chi connectivity index (χ4n) is 2.88. The van der Waals surface area contributed by atoms with Crippen LogP contribution >= 0.6 is 0 Å². The van der Waals surface area contributed by atoms with Gasteiger partial charge >= 0.3 is 0 Å². The van der Waals surface area contributed by atoms with Gasteiger partial charge in [-0.1, -0.05) is 37.8 Å². The van der Waals surface area contributed by atoms with E-state index in [0.29, 0.717) is 6.04 Å². The molecule has 0 aliphatic heterocycles. The van der Waals surface area contributed by atoms with Crippen molar-refractivity contribution in [2.24, 2.45) is 0 Å². The lowest BCUT2D eigenvalue weighted by Crippen LogP contribution is -2.18. The highest BCUT2D eigenvalue weighted by Crippen LogP contribution is 2.26. The van der Waals surface area contributed by atoms with Crippen LogP contribution in [0.15, 0.2) is 36.7 Å². The summed E-state index contributed by atoms with van der Waals surface area (Å²) in [4.78, 5) is 4.25. The molecule has 0 amide bonds. The Bertz CT molecular complexity index is 508. The predicted octanol–water partition coefficient (Wildman–Crippen LogP) is 4.37. The Morgan fingerprint density at radius 1 is 1.00 bits per heavy atom. The SMILES string of the molecule is c1cc(NC2CCCCCC2)c2cnccc2c1. The Morgan fingerprint density at radius 3 is 2.67 bits per heavy atom. The van der Waals surface area contributed by atoms with E-state index in [-0.39, 0.29) is 0 Å². The molecule has 1 aromatic carbocycles. The van der Waals surface area contributed by atoms with Crippen LogP contribution in [0.3, 0.4) is 0 Å². The van der Waals surface area contributed by atoms with E-state index >= 15 is 0 Å². The number of rotatable bonds is 2. The molecule has 2 nitrogen and oxygen atoms in total. The lowest BCUT2D eigenvalue weighted by Gasteiger charge is -2.18. The predicted molar refractivity (Wildman–Crippen MR) is 76.9 cm³/mol. The van der Waals surface area contributed by atoms with Gasteiger partial charge < -0.3 is 5.32 Å². The van der Waals surface area contributed by atoms with Crippen molar-refractivity contribution in [1.29, 1.82) is 0 Å². The molecule has 1 fully saturated rings. The molecule has 1 saturated carbocycles. The van der Waals surface area contributed by atoms with Gasteiger partial charge in [0.25, 0.3) is 0 Å². The molecule has 18 heavy (non-hydrogen) atoms. The molecule has 0 unspecified atom stereocenters. The van der Waals surface area contributed by atoms with Crippen LogP contribution in [0.4, 0.5) is 5.69 Å². The number of nitrogens with one attached hydrogen (secondary N) is 1. The summed E-state index contributed by atoms with van der Waals surface area (Å²) in [5, 5.41) is 6.23. The second kappa shape index (κ2) is 5.38. The zero-order chi connectivity index (χ0) is 12.2.